The highest BCUT2D eigenvalue weighted by Gasteiger charge is 2.41. The van der Waals surface area contributed by atoms with E-state index < -0.39 is 23.4 Å². The number of alkyl halides is 3. The number of nitrogens with one attached hydrogen (secondary N) is 1. The lowest BCUT2D eigenvalue weighted by Crippen LogP contribution is -2.47. The van der Waals surface area contributed by atoms with Crippen molar-refractivity contribution in [2.45, 2.75) is 25.1 Å². The van der Waals surface area contributed by atoms with Gasteiger partial charge >= 0.3 is 6.18 Å². The Morgan fingerprint density at radius 3 is 2.85 bits per heavy atom. The van der Waals surface area contributed by atoms with E-state index in [0.29, 0.717) is 5.92 Å². The molecule has 138 valence electrons. The second kappa shape index (κ2) is 6.08. The molecule has 2 fully saturated rings. The number of ketones is 1. The smallest absolute Gasteiger partial charge is 0.455 e. The van der Waals surface area contributed by atoms with Gasteiger partial charge in [0.15, 0.2) is 11.3 Å². The second-order valence-corrected chi connectivity index (χ2v) is 6.83. The molecule has 0 aliphatic carbocycles. The van der Waals surface area contributed by atoms with Crippen molar-refractivity contribution in [2.24, 2.45) is 5.92 Å². The molecule has 3 atom stereocenters. The number of furan rings is 1. The number of fused-ring (bicyclic) bond motifs is 3. The zero-order chi connectivity index (χ0) is 18.5. The summed E-state index contributed by atoms with van der Waals surface area (Å²) >= 11 is 0. The van der Waals surface area contributed by atoms with Gasteiger partial charge in [-0.05, 0) is 31.4 Å². The molecule has 1 amide bonds. The van der Waals surface area contributed by atoms with Crippen LogP contribution >= 0.6 is 0 Å². The van der Waals surface area contributed by atoms with Crippen molar-refractivity contribution in [1.29, 1.82) is 0 Å². The van der Waals surface area contributed by atoms with Gasteiger partial charge in [-0.25, -0.2) is 4.98 Å². The molecular weight excluding hydrogens is 351 g/mol. The third-order valence-corrected chi connectivity index (χ3v) is 5.01. The first-order valence-corrected chi connectivity index (χ1v) is 8.34. The summed E-state index contributed by atoms with van der Waals surface area (Å²) < 4.78 is 43.2. The molecule has 1 unspecified atom stereocenters. The first-order chi connectivity index (χ1) is 12.3. The highest BCUT2D eigenvalue weighted by atomic mass is 19.4. The van der Waals surface area contributed by atoms with Crippen LogP contribution in [0.25, 0.3) is 11.0 Å². The molecular formula is C17H16F3N3O3. The first-order valence-electron chi connectivity index (χ1n) is 8.34. The van der Waals surface area contributed by atoms with E-state index in [1.165, 1.54) is 12.3 Å². The van der Waals surface area contributed by atoms with Crippen LogP contribution in [0.3, 0.4) is 0 Å². The summed E-state index contributed by atoms with van der Waals surface area (Å²) in [5.74, 6) is -1.97. The van der Waals surface area contributed by atoms with E-state index in [1.807, 2.05) is 0 Å². The Kier molecular flexibility index (Phi) is 3.98. The number of Topliss-reactive ketones (excluding diaryl/α,β-unsaturated/α-hetero) is 1. The van der Waals surface area contributed by atoms with Crippen LogP contribution in [0.5, 0.6) is 0 Å². The number of hydrogen-bond donors (Lipinski definition) is 1. The van der Waals surface area contributed by atoms with Crippen molar-refractivity contribution in [2.75, 3.05) is 19.6 Å². The van der Waals surface area contributed by atoms with Crippen LogP contribution in [-0.4, -0.2) is 53.4 Å². The Hall–Kier alpha value is -2.42. The summed E-state index contributed by atoms with van der Waals surface area (Å²) in [6, 6.07) is 1.20. The van der Waals surface area contributed by atoms with Crippen molar-refractivity contribution in [3.05, 3.63) is 29.8 Å². The van der Waals surface area contributed by atoms with E-state index in [2.05, 4.69) is 15.2 Å². The zero-order valence-electron chi connectivity index (χ0n) is 13.7. The van der Waals surface area contributed by atoms with Crippen LogP contribution in [0.15, 0.2) is 22.9 Å². The van der Waals surface area contributed by atoms with Gasteiger partial charge in [-0.1, -0.05) is 0 Å². The van der Waals surface area contributed by atoms with Gasteiger partial charge in [0.05, 0.1) is 5.56 Å². The molecule has 2 aliphatic heterocycles. The molecule has 2 saturated heterocycles. The van der Waals surface area contributed by atoms with Crippen LogP contribution in [0.2, 0.25) is 0 Å². The predicted molar refractivity (Wildman–Crippen MR) is 84.8 cm³/mol. The average Bonchev–Trinajstić information content (AvgIpc) is 3.16. The second-order valence-electron chi connectivity index (χ2n) is 6.83. The van der Waals surface area contributed by atoms with Crippen LogP contribution in [0, 0.1) is 5.92 Å². The fourth-order valence-electron chi connectivity index (χ4n) is 3.87. The lowest BCUT2D eigenvalue weighted by molar-refractivity contribution is -0.0884. The number of amides is 1. The maximum absolute atomic E-state index is 12.7. The van der Waals surface area contributed by atoms with Gasteiger partial charge in [0.1, 0.15) is 6.26 Å². The Bertz CT molecular complexity index is 865. The van der Waals surface area contributed by atoms with Crippen molar-refractivity contribution in [3.63, 3.8) is 0 Å². The molecule has 26 heavy (non-hydrogen) atoms. The quantitative estimate of drug-likeness (QED) is 0.844. The summed E-state index contributed by atoms with van der Waals surface area (Å²) in [5.41, 5.74) is -0.848. The molecule has 0 spiro atoms. The minimum Gasteiger partial charge on any atom is -0.461 e. The molecule has 1 N–H and O–H groups in total. The normalized spacial score (nSPS) is 25.4. The lowest BCUT2D eigenvalue weighted by atomic mass is 9.97. The number of piperidine rings is 1. The number of halogens is 3. The van der Waals surface area contributed by atoms with E-state index in [0.717, 1.165) is 38.7 Å². The number of carbonyl (C=O) groups excluding carboxylic acids is 2. The minimum atomic E-state index is -5.02. The minimum absolute atomic E-state index is 0.0351. The van der Waals surface area contributed by atoms with Gasteiger partial charge in [0, 0.05) is 30.7 Å². The number of pyridine rings is 1. The number of rotatable bonds is 3. The molecule has 0 radical (unpaired) electrons. The summed E-state index contributed by atoms with van der Waals surface area (Å²) in [5, 5.41) is 2.82. The van der Waals surface area contributed by atoms with Gasteiger partial charge in [-0.3, -0.25) is 9.59 Å². The van der Waals surface area contributed by atoms with E-state index in [-0.39, 0.29) is 22.7 Å². The third kappa shape index (κ3) is 2.96. The van der Waals surface area contributed by atoms with Crippen molar-refractivity contribution in [1.82, 2.24) is 15.2 Å². The van der Waals surface area contributed by atoms with Gasteiger partial charge in [0.25, 0.3) is 11.7 Å². The van der Waals surface area contributed by atoms with E-state index >= 15 is 0 Å². The van der Waals surface area contributed by atoms with Crippen LogP contribution < -0.4 is 5.32 Å². The van der Waals surface area contributed by atoms with Crippen molar-refractivity contribution >= 4 is 22.7 Å². The van der Waals surface area contributed by atoms with E-state index in [1.54, 1.807) is 0 Å². The fraction of sp³-hybridized carbons (Fsp3) is 0.471. The van der Waals surface area contributed by atoms with Crippen molar-refractivity contribution < 1.29 is 27.2 Å². The molecule has 9 heteroatoms. The summed E-state index contributed by atoms with van der Waals surface area (Å²) in [7, 11) is 0. The monoisotopic (exact) mass is 367 g/mol. The number of carbonyl (C=O) groups is 2. The SMILES string of the molecule is O=C(N[C@@H]1C[C@H]2CCN(C2)C1)c1nccc2c(C(=O)C(F)(F)F)coc12. The van der Waals surface area contributed by atoms with E-state index in [9.17, 15) is 22.8 Å². The number of aromatic nitrogens is 1. The predicted octanol–water partition coefficient (Wildman–Crippen LogP) is 2.40. The summed E-state index contributed by atoms with van der Waals surface area (Å²) in [6.07, 6.45) is -1.10. The Labute approximate surface area is 146 Å². The molecule has 2 aliphatic rings. The fourth-order valence-corrected chi connectivity index (χ4v) is 3.87. The van der Waals surface area contributed by atoms with Gasteiger partial charge in [-0.2, -0.15) is 13.2 Å². The van der Waals surface area contributed by atoms with Crippen LogP contribution in [0.4, 0.5) is 13.2 Å². The maximum Gasteiger partial charge on any atom is 0.455 e. The Morgan fingerprint density at radius 2 is 2.12 bits per heavy atom. The standard InChI is InChI=1S/C17H16F3N3O3/c18-17(19,20)15(24)12-8-26-14-11(12)1-3-21-13(14)16(25)22-10-5-9-2-4-23(6-9)7-10/h1,3,8-10H,2,4-7H2,(H,22,25)/t9-,10-/m1/s1. The molecule has 2 aromatic rings. The lowest BCUT2D eigenvalue weighted by Gasteiger charge is -2.30. The van der Waals surface area contributed by atoms with Crippen LogP contribution in [-0.2, 0) is 0 Å². The molecule has 6 nitrogen and oxygen atoms in total. The molecule has 4 heterocycles. The zero-order valence-corrected chi connectivity index (χ0v) is 13.7. The molecule has 0 aromatic carbocycles. The third-order valence-electron chi connectivity index (χ3n) is 5.01. The largest absolute Gasteiger partial charge is 0.461 e. The van der Waals surface area contributed by atoms with Gasteiger partial charge in [-0.15, -0.1) is 0 Å². The molecule has 2 bridgehead atoms. The summed E-state index contributed by atoms with van der Waals surface area (Å²) in [4.78, 5) is 30.3. The number of hydrogen-bond acceptors (Lipinski definition) is 5. The molecule has 4 rings (SSSR count). The number of nitrogens with zero attached hydrogens (tertiary/aromatic N) is 2. The van der Waals surface area contributed by atoms with E-state index in [4.69, 9.17) is 4.42 Å². The topological polar surface area (TPSA) is 75.4 Å². The summed E-state index contributed by atoms with van der Waals surface area (Å²) in [6.45, 7) is 2.81. The van der Waals surface area contributed by atoms with Crippen LogP contribution in [0.1, 0.15) is 33.7 Å². The molecule has 2 aromatic heterocycles. The Balaban J connectivity index is 1.59. The van der Waals surface area contributed by atoms with Crippen molar-refractivity contribution in [3.8, 4) is 0 Å². The highest BCUT2D eigenvalue weighted by molar-refractivity contribution is 6.13. The highest BCUT2D eigenvalue weighted by Crippen LogP contribution is 2.30. The maximum atomic E-state index is 12.7. The average molecular weight is 367 g/mol. The Morgan fingerprint density at radius 1 is 1.31 bits per heavy atom. The first kappa shape index (κ1) is 17.0. The molecule has 0 saturated carbocycles. The van der Waals surface area contributed by atoms with Gasteiger partial charge < -0.3 is 14.6 Å². The van der Waals surface area contributed by atoms with Gasteiger partial charge in [0.2, 0.25) is 0 Å².